The van der Waals surface area contributed by atoms with E-state index in [2.05, 4.69) is 62.6 Å². The first-order valence-electron chi connectivity index (χ1n) is 11.8. The highest BCUT2D eigenvalue weighted by atomic mass is 32.2. The van der Waals surface area contributed by atoms with Gasteiger partial charge in [0.25, 0.3) is 0 Å². The summed E-state index contributed by atoms with van der Waals surface area (Å²) < 4.78 is 27.2. The molecule has 6 rings (SSSR count). The van der Waals surface area contributed by atoms with E-state index >= 15 is 0 Å². The van der Waals surface area contributed by atoms with E-state index in [-0.39, 0.29) is 11.5 Å². The first-order valence-corrected chi connectivity index (χ1v) is 13.6. The molecule has 4 aromatic rings. The molecule has 0 radical (unpaired) electrons. The molecule has 0 aliphatic carbocycles. The maximum absolute atomic E-state index is 11.7. The lowest BCUT2D eigenvalue weighted by atomic mass is 10.1. The van der Waals surface area contributed by atoms with Crippen LogP contribution in [0.2, 0.25) is 0 Å². The summed E-state index contributed by atoms with van der Waals surface area (Å²) in [4.78, 5) is 9.12. The molecule has 2 aliphatic rings. The van der Waals surface area contributed by atoms with Crippen LogP contribution in [0.4, 0.5) is 11.8 Å². The summed E-state index contributed by atoms with van der Waals surface area (Å²) in [6.07, 6.45) is 0. The topological polar surface area (TPSA) is 101 Å². The molecule has 2 aliphatic heterocycles. The monoisotopic (exact) mass is 492 g/mol. The van der Waals surface area contributed by atoms with E-state index in [0.717, 1.165) is 54.5 Å². The summed E-state index contributed by atoms with van der Waals surface area (Å²) in [6, 6.07) is 16.4. The highest BCUT2D eigenvalue weighted by Crippen LogP contribution is 2.24. The Morgan fingerprint density at radius 3 is 2.57 bits per heavy atom. The van der Waals surface area contributed by atoms with Gasteiger partial charge in [0.1, 0.15) is 0 Å². The smallest absolute Gasteiger partial charge is 0.248 e. The zero-order chi connectivity index (χ0) is 24.0. The Bertz CT molecular complexity index is 1460. The number of aromatic nitrogens is 5. The number of nitrogens with zero attached hydrogens (tertiary/aromatic N) is 7. The van der Waals surface area contributed by atoms with Crippen LogP contribution in [0.5, 0.6) is 0 Å². The highest BCUT2D eigenvalue weighted by Gasteiger charge is 2.21. The number of likely N-dealkylation sites (N-methyl/N-ethyl adjacent to an activating group) is 1. The molecule has 11 heteroatoms. The zero-order valence-corrected chi connectivity index (χ0v) is 20.4. The van der Waals surface area contributed by atoms with E-state index in [4.69, 9.17) is 5.10 Å². The van der Waals surface area contributed by atoms with Crippen molar-refractivity contribution in [2.24, 2.45) is 0 Å². The van der Waals surface area contributed by atoms with Gasteiger partial charge in [-0.2, -0.15) is 10.1 Å². The van der Waals surface area contributed by atoms with Crippen molar-refractivity contribution in [2.75, 3.05) is 43.5 Å². The summed E-state index contributed by atoms with van der Waals surface area (Å²) in [7, 11) is -0.750. The van der Waals surface area contributed by atoms with Gasteiger partial charge in [-0.15, -0.1) is 5.10 Å². The Kier molecular flexibility index (Phi) is 5.54. The molecule has 1 fully saturated rings. The average Bonchev–Trinajstić information content (AvgIpc) is 3.43. The molecular formula is C24H28N8O2S. The summed E-state index contributed by atoms with van der Waals surface area (Å²) in [5.41, 5.74) is 5.08. The third kappa shape index (κ3) is 4.66. The fourth-order valence-electron chi connectivity index (χ4n) is 4.70. The maximum Gasteiger partial charge on any atom is 0.248 e. The number of hydrogen-bond donors (Lipinski definition) is 1. The molecule has 10 nitrogen and oxygen atoms in total. The van der Waals surface area contributed by atoms with Crippen LogP contribution >= 0.6 is 0 Å². The van der Waals surface area contributed by atoms with Crippen molar-refractivity contribution in [3.05, 3.63) is 59.8 Å². The van der Waals surface area contributed by atoms with Gasteiger partial charge in [0, 0.05) is 44.4 Å². The molecule has 35 heavy (non-hydrogen) atoms. The molecule has 1 aromatic carbocycles. The standard InChI is InChI=1S/C24H28N8O2S/c1-29-9-10-31-20(17-29)15-22(27-31)25-24-26-23-4-2-3-21(32(23)28-24)19-7-5-18(6-8-19)16-30-11-13-35(33,34)14-12-30/h2-8,15H,9-14,16-17H2,1H3,(H,25,27,28). The number of benzene rings is 1. The van der Waals surface area contributed by atoms with Crippen LogP contribution in [0.3, 0.4) is 0 Å². The fraction of sp³-hybridized carbons (Fsp3) is 0.375. The summed E-state index contributed by atoms with van der Waals surface area (Å²) in [5, 5.41) is 12.6. The lowest BCUT2D eigenvalue weighted by Gasteiger charge is -2.26. The van der Waals surface area contributed by atoms with Gasteiger partial charge in [0.15, 0.2) is 21.3 Å². The van der Waals surface area contributed by atoms with Crippen LogP contribution in [-0.2, 0) is 29.5 Å². The van der Waals surface area contributed by atoms with E-state index < -0.39 is 9.84 Å². The third-order valence-corrected chi connectivity index (χ3v) is 8.29. The minimum absolute atomic E-state index is 0.244. The van der Waals surface area contributed by atoms with Crippen LogP contribution in [0, 0.1) is 0 Å². The maximum atomic E-state index is 11.7. The Morgan fingerprint density at radius 2 is 1.77 bits per heavy atom. The minimum atomic E-state index is -2.86. The minimum Gasteiger partial charge on any atom is -0.306 e. The third-order valence-electron chi connectivity index (χ3n) is 6.68. The summed E-state index contributed by atoms with van der Waals surface area (Å²) >= 11 is 0. The number of pyridine rings is 1. The molecule has 1 N–H and O–H groups in total. The van der Waals surface area contributed by atoms with Gasteiger partial charge in [0.2, 0.25) is 5.95 Å². The number of rotatable bonds is 5. The van der Waals surface area contributed by atoms with Crippen molar-refractivity contribution >= 4 is 27.3 Å². The number of nitrogens with one attached hydrogen (secondary N) is 1. The first kappa shape index (κ1) is 22.2. The molecule has 5 heterocycles. The van der Waals surface area contributed by atoms with Crippen molar-refractivity contribution in [1.82, 2.24) is 34.2 Å². The van der Waals surface area contributed by atoms with Gasteiger partial charge in [-0.25, -0.2) is 12.9 Å². The van der Waals surface area contributed by atoms with Crippen LogP contribution < -0.4 is 5.32 Å². The predicted molar refractivity (Wildman–Crippen MR) is 134 cm³/mol. The van der Waals surface area contributed by atoms with E-state index in [1.165, 1.54) is 5.69 Å². The number of fused-ring (bicyclic) bond motifs is 2. The van der Waals surface area contributed by atoms with E-state index in [1.807, 2.05) is 27.4 Å². The second-order valence-corrected chi connectivity index (χ2v) is 11.7. The largest absolute Gasteiger partial charge is 0.306 e. The van der Waals surface area contributed by atoms with Crippen LogP contribution in [0.1, 0.15) is 11.3 Å². The zero-order valence-electron chi connectivity index (χ0n) is 19.6. The van der Waals surface area contributed by atoms with Gasteiger partial charge in [-0.3, -0.25) is 14.5 Å². The molecule has 0 bridgehead atoms. The number of hydrogen-bond acceptors (Lipinski definition) is 8. The molecule has 1 saturated heterocycles. The van der Waals surface area contributed by atoms with E-state index in [1.54, 1.807) is 0 Å². The molecule has 0 atom stereocenters. The van der Waals surface area contributed by atoms with Crippen LogP contribution in [0.25, 0.3) is 16.9 Å². The highest BCUT2D eigenvalue weighted by molar-refractivity contribution is 7.91. The predicted octanol–water partition coefficient (Wildman–Crippen LogP) is 2.01. The van der Waals surface area contributed by atoms with Gasteiger partial charge in [-0.1, -0.05) is 30.3 Å². The molecule has 182 valence electrons. The van der Waals surface area contributed by atoms with Gasteiger partial charge < -0.3 is 5.32 Å². The van der Waals surface area contributed by atoms with Crippen molar-refractivity contribution in [2.45, 2.75) is 19.6 Å². The number of sulfone groups is 1. The second kappa shape index (κ2) is 8.74. The molecular weight excluding hydrogens is 464 g/mol. The molecule has 0 saturated carbocycles. The number of anilines is 2. The fourth-order valence-corrected chi connectivity index (χ4v) is 5.97. The van der Waals surface area contributed by atoms with Crippen molar-refractivity contribution in [3.8, 4) is 11.3 Å². The van der Waals surface area contributed by atoms with Gasteiger partial charge in [-0.05, 0) is 24.7 Å². The molecule has 3 aromatic heterocycles. The van der Waals surface area contributed by atoms with Crippen molar-refractivity contribution in [1.29, 1.82) is 0 Å². The Labute approximate surface area is 204 Å². The average molecular weight is 493 g/mol. The molecule has 0 spiro atoms. The van der Waals surface area contributed by atoms with E-state index in [9.17, 15) is 8.42 Å². The summed E-state index contributed by atoms with van der Waals surface area (Å²) in [6.45, 7) is 4.68. The van der Waals surface area contributed by atoms with Crippen LogP contribution in [0.15, 0.2) is 48.5 Å². The Morgan fingerprint density at radius 1 is 0.971 bits per heavy atom. The summed E-state index contributed by atoms with van der Waals surface area (Å²) in [5.74, 6) is 1.75. The molecule has 0 amide bonds. The van der Waals surface area contributed by atoms with E-state index in [0.29, 0.717) is 19.0 Å². The lowest BCUT2D eigenvalue weighted by Crippen LogP contribution is -2.39. The normalized spacial score (nSPS) is 18.5. The van der Waals surface area contributed by atoms with Crippen molar-refractivity contribution < 1.29 is 8.42 Å². The van der Waals surface area contributed by atoms with Crippen LogP contribution in [-0.4, -0.2) is 80.8 Å². The quantitative estimate of drug-likeness (QED) is 0.452. The Balaban J connectivity index is 1.20. The second-order valence-electron chi connectivity index (χ2n) is 9.35. The Hall–Kier alpha value is -3.28. The van der Waals surface area contributed by atoms with Gasteiger partial charge >= 0.3 is 0 Å². The lowest BCUT2D eigenvalue weighted by molar-refractivity contribution is 0.259. The van der Waals surface area contributed by atoms with Crippen molar-refractivity contribution in [3.63, 3.8) is 0 Å². The first-order chi connectivity index (χ1) is 16.9. The van der Waals surface area contributed by atoms with Gasteiger partial charge in [0.05, 0.1) is 29.4 Å². The molecule has 0 unspecified atom stereocenters. The SMILES string of the molecule is CN1CCn2nc(Nc3nc4cccc(-c5ccc(CN6CCS(=O)(=O)CC6)cc5)n4n3)cc2C1.